The van der Waals surface area contributed by atoms with E-state index in [9.17, 15) is 4.79 Å². The quantitative estimate of drug-likeness (QED) is 0.862. The molecule has 1 N–H and O–H groups in total. The minimum absolute atomic E-state index is 0.0871. The van der Waals surface area contributed by atoms with Gasteiger partial charge in [0.1, 0.15) is 0 Å². The molecule has 114 valence electrons. The average molecular weight is 295 g/mol. The van der Waals surface area contributed by atoms with E-state index in [0.717, 1.165) is 24.9 Å². The van der Waals surface area contributed by atoms with Gasteiger partial charge in [0, 0.05) is 30.9 Å². The zero-order chi connectivity index (χ0) is 15.4. The molecule has 0 radical (unpaired) electrons. The predicted molar refractivity (Wildman–Crippen MR) is 86.5 cm³/mol. The molecule has 0 saturated heterocycles. The van der Waals surface area contributed by atoms with E-state index in [4.69, 9.17) is 0 Å². The lowest BCUT2D eigenvalue weighted by molar-refractivity contribution is -0.123. The van der Waals surface area contributed by atoms with Crippen LogP contribution in [0.2, 0.25) is 0 Å². The highest BCUT2D eigenvalue weighted by Gasteiger charge is 2.25. The molecule has 1 aliphatic rings. The summed E-state index contributed by atoms with van der Waals surface area (Å²) in [6.45, 7) is 4.65. The standard InChI is InChI=1S/C18H21N3O/c1-2-6-17(14-7-4-3-5-8-14)18(22)20-15-10-12-21-16(13-15)9-11-19-21/h2-5,7-9,11,15,17H,1,6,10,12-13H2,(H,20,22). The van der Waals surface area contributed by atoms with Gasteiger partial charge in [0.15, 0.2) is 0 Å². The van der Waals surface area contributed by atoms with E-state index < -0.39 is 0 Å². The minimum Gasteiger partial charge on any atom is -0.352 e. The van der Waals surface area contributed by atoms with Crippen molar-refractivity contribution in [2.45, 2.75) is 37.8 Å². The van der Waals surface area contributed by atoms with Gasteiger partial charge in [-0.05, 0) is 24.5 Å². The summed E-state index contributed by atoms with van der Waals surface area (Å²) in [5, 5.41) is 7.48. The van der Waals surface area contributed by atoms with Crippen LogP contribution < -0.4 is 5.32 Å². The third-order valence-electron chi connectivity index (χ3n) is 4.22. The molecule has 1 amide bonds. The number of rotatable bonds is 5. The first kappa shape index (κ1) is 14.6. The van der Waals surface area contributed by atoms with E-state index in [1.54, 1.807) is 0 Å². The third-order valence-corrected chi connectivity index (χ3v) is 4.22. The van der Waals surface area contributed by atoms with Crippen molar-refractivity contribution < 1.29 is 4.79 Å². The van der Waals surface area contributed by atoms with Crippen LogP contribution in [0.3, 0.4) is 0 Å². The van der Waals surface area contributed by atoms with Crippen LogP contribution in [0, 0.1) is 0 Å². The molecule has 0 bridgehead atoms. The molecule has 4 nitrogen and oxygen atoms in total. The molecule has 0 saturated carbocycles. The van der Waals surface area contributed by atoms with E-state index in [-0.39, 0.29) is 17.9 Å². The molecular formula is C18H21N3O. The molecule has 2 aromatic rings. The van der Waals surface area contributed by atoms with Crippen LogP contribution in [0.25, 0.3) is 0 Å². The normalized spacial score (nSPS) is 18.3. The van der Waals surface area contributed by atoms with Gasteiger partial charge in [-0.25, -0.2) is 0 Å². The summed E-state index contributed by atoms with van der Waals surface area (Å²) in [4.78, 5) is 12.7. The number of fused-ring (bicyclic) bond motifs is 1. The van der Waals surface area contributed by atoms with Gasteiger partial charge in [-0.15, -0.1) is 6.58 Å². The predicted octanol–water partition coefficient (Wildman–Crippen LogP) is 2.67. The lowest BCUT2D eigenvalue weighted by atomic mass is 9.93. The topological polar surface area (TPSA) is 46.9 Å². The van der Waals surface area contributed by atoms with Crippen molar-refractivity contribution in [1.82, 2.24) is 15.1 Å². The van der Waals surface area contributed by atoms with Crippen molar-refractivity contribution in [2.75, 3.05) is 0 Å². The Morgan fingerprint density at radius 2 is 2.23 bits per heavy atom. The van der Waals surface area contributed by atoms with Gasteiger partial charge in [-0.2, -0.15) is 5.10 Å². The van der Waals surface area contributed by atoms with Crippen LogP contribution in [0.4, 0.5) is 0 Å². The fourth-order valence-corrected chi connectivity index (χ4v) is 3.04. The highest BCUT2D eigenvalue weighted by Crippen LogP contribution is 2.21. The average Bonchev–Trinajstić information content (AvgIpc) is 3.01. The second-order valence-electron chi connectivity index (χ2n) is 5.73. The number of nitrogens with zero attached hydrogens (tertiary/aromatic N) is 2. The van der Waals surface area contributed by atoms with Crippen LogP contribution >= 0.6 is 0 Å². The number of carbonyl (C=O) groups excluding carboxylic acids is 1. The summed E-state index contributed by atoms with van der Waals surface area (Å²) in [5.74, 6) is -0.0744. The molecule has 2 atom stereocenters. The van der Waals surface area contributed by atoms with E-state index in [1.165, 1.54) is 5.69 Å². The van der Waals surface area contributed by atoms with Crippen molar-refractivity contribution in [3.8, 4) is 0 Å². The smallest absolute Gasteiger partial charge is 0.228 e. The first-order chi connectivity index (χ1) is 10.8. The van der Waals surface area contributed by atoms with Gasteiger partial charge >= 0.3 is 0 Å². The lowest BCUT2D eigenvalue weighted by Gasteiger charge is -2.26. The summed E-state index contributed by atoms with van der Waals surface area (Å²) in [6, 6.07) is 12.1. The molecule has 1 aliphatic heterocycles. The van der Waals surface area contributed by atoms with Crippen molar-refractivity contribution in [1.29, 1.82) is 0 Å². The molecule has 1 aromatic heterocycles. The van der Waals surface area contributed by atoms with Gasteiger partial charge < -0.3 is 5.32 Å². The monoisotopic (exact) mass is 295 g/mol. The Bertz CT molecular complexity index is 647. The van der Waals surface area contributed by atoms with Gasteiger partial charge in [-0.1, -0.05) is 36.4 Å². The molecule has 0 spiro atoms. The number of carbonyl (C=O) groups is 1. The minimum atomic E-state index is -0.162. The van der Waals surface area contributed by atoms with Gasteiger partial charge in [0.05, 0.1) is 5.92 Å². The second kappa shape index (κ2) is 6.60. The largest absolute Gasteiger partial charge is 0.352 e. The number of nitrogens with one attached hydrogen (secondary N) is 1. The number of benzene rings is 1. The summed E-state index contributed by atoms with van der Waals surface area (Å²) >= 11 is 0. The number of amides is 1. The van der Waals surface area contributed by atoms with Crippen LogP contribution in [0.15, 0.2) is 55.3 Å². The molecule has 3 rings (SSSR count). The summed E-state index contributed by atoms with van der Waals surface area (Å²) in [7, 11) is 0. The van der Waals surface area contributed by atoms with Crippen LogP contribution in [0.5, 0.6) is 0 Å². The number of hydrogen-bond acceptors (Lipinski definition) is 2. The van der Waals surface area contributed by atoms with E-state index in [1.807, 2.05) is 53.4 Å². The lowest BCUT2D eigenvalue weighted by Crippen LogP contribution is -2.42. The van der Waals surface area contributed by atoms with Gasteiger partial charge in [-0.3, -0.25) is 9.48 Å². The zero-order valence-corrected chi connectivity index (χ0v) is 12.6. The first-order valence-corrected chi connectivity index (χ1v) is 7.75. The maximum atomic E-state index is 12.7. The molecule has 2 unspecified atom stereocenters. The maximum absolute atomic E-state index is 12.7. The van der Waals surface area contributed by atoms with Crippen molar-refractivity contribution in [3.63, 3.8) is 0 Å². The maximum Gasteiger partial charge on any atom is 0.228 e. The van der Waals surface area contributed by atoms with Crippen LogP contribution in [-0.2, 0) is 17.8 Å². The summed E-state index contributed by atoms with van der Waals surface area (Å²) < 4.78 is 2.01. The molecule has 0 aliphatic carbocycles. The molecule has 22 heavy (non-hydrogen) atoms. The Labute approximate surface area is 130 Å². The zero-order valence-electron chi connectivity index (χ0n) is 12.6. The van der Waals surface area contributed by atoms with E-state index >= 15 is 0 Å². The fourth-order valence-electron chi connectivity index (χ4n) is 3.04. The van der Waals surface area contributed by atoms with Crippen LogP contribution in [0.1, 0.15) is 30.0 Å². The Hall–Kier alpha value is -2.36. The van der Waals surface area contributed by atoms with Crippen LogP contribution in [-0.4, -0.2) is 21.7 Å². The Kier molecular flexibility index (Phi) is 4.37. The first-order valence-electron chi connectivity index (χ1n) is 7.75. The van der Waals surface area contributed by atoms with Crippen molar-refractivity contribution in [3.05, 3.63) is 66.5 Å². The van der Waals surface area contributed by atoms with Crippen molar-refractivity contribution >= 4 is 5.91 Å². The molecule has 4 heteroatoms. The van der Waals surface area contributed by atoms with Gasteiger partial charge in [0.2, 0.25) is 5.91 Å². The molecular weight excluding hydrogens is 274 g/mol. The Balaban J connectivity index is 1.68. The van der Waals surface area contributed by atoms with E-state index in [0.29, 0.717) is 6.42 Å². The Morgan fingerprint density at radius 3 is 3.00 bits per heavy atom. The SMILES string of the molecule is C=CCC(C(=O)NC1CCn2nccc2C1)c1ccccc1. The number of aromatic nitrogens is 2. The third kappa shape index (κ3) is 3.11. The highest BCUT2D eigenvalue weighted by atomic mass is 16.1. The fraction of sp³-hybridized carbons (Fsp3) is 0.333. The highest BCUT2D eigenvalue weighted by molar-refractivity contribution is 5.84. The van der Waals surface area contributed by atoms with Crippen molar-refractivity contribution in [2.24, 2.45) is 0 Å². The van der Waals surface area contributed by atoms with E-state index in [2.05, 4.69) is 17.0 Å². The molecule has 0 fully saturated rings. The summed E-state index contributed by atoms with van der Waals surface area (Å²) in [5.41, 5.74) is 2.23. The molecule has 1 aromatic carbocycles. The molecule has 2 heterocycles. The number of allylic oxidation sites excluding steroid dienone is 1. The number of aryl methyl sites for hydroxylation is 1. The summed E-state index contributed by atoms with van der Waals surface area (Å²) in [6.07, 6.45) is 6.06. The van der Waals surface area contributed by atoms with Gasteiger partial charge in [0.25, 0.3) is 0 Å². The number of hydrogen-bond donors (Lipinski definition) is 1. The Morgan fingerprint density at radius 1 is 1.41 bits per heavy atom. The second-order valence-corrected chi connectivity index (χ2v) is 5.73.